The van der Waals surface area contributed by atoms with E-state index in [-0.39, 0.29) is 0 Å². The maximum absolute atomic E-state index is 4.42. The van der Waals surface area contributed by atoms with Crippen LogP contribution in [0, 0.1) is 5.92 Å². The molecule has 5 heteroatoms. The van der Waals surface area contributed by atoms with Gasteiger partial charge < -0.3 is 10.2 Å². The Morgan fingerprint density at radius 1 is 1.19 bits per heavy atom. The first kappa shape index (κ1) is 12.7. The molecule has 0 aliphatic rings. The van der Waals surface area contributed by atoms with Crippen molar-refractivity contribution in [2.75, 3.05) is 30.9 Å². The molecular formula is C11H21N5. The Bertz CT molecular complexity index is 335. The quantitative estimate of drug-likeness (QED) is 0.821. The number of anilines is 2. The van der Waals surface area contributed by atoms with Crippen molar-refractivity contribution < 1.29 is 0 Å². The van der Waals surface area contributed by atoms with E-state index in [4.69, 9.17) is 0 Å². The summed E-state index contributed by atoms with van der Waals surface area (Å²) in [6, 6.07) is 0. The van der Waals surface area contributed by atoms with Gasteiger partial charge in [0.2, 0.25) is 11.9 Å². The minimum Gasteiger partial charge on any atom is -0.354 e. The molecule has 0 aliphatic carbocycles. The lowest BCUT2D eigenvalue weighted by Gasteiger charge is -2.13. The van der Waals surface area contributed by atoms with Gasteiger partial charge in [-0.15, -0.1) is 0 Å². The Morgan fingerprint density at radius 3 is 2.38 bits per heavy atom. The summed E-state index contributed by atoms with van der Waals surface area (Å²) in [7, 11) is 3.87. The highest BCUT2D eigenvalue weighted by Crippen LogP contribution is 2.11. The molecule has 1 aromatic heterocycles. The van der Waals surface area contributed by atoms with E-state index >= 15 is 0 Å². The summed E-state index contributed by atoms with van der Waals surface area (Å²) >= 11 is 0. The molecule has 0 spiro atoms. The largest absolute Gasteiger partial charge is 0.354 e. The Kier molecular flexibility index (Phi) is 4.46. The van der Waals surface area contributed by atoms with Crippen molar-refractivity contribution in [1.29, 1.82) is 0 Å². The van der Waals surface area contributed by atoms with Crippen molar-refractivity contribution in [3.8, 4) is 0 Å². The van der Waals surface area contributed by atoms with Gasteiger partial charge in [-0.2, -0.15) is 15.0 Å². The molecule has 16 heavy (non-hydrogen) atoms. The number of nitrogens with zero attached hydrogens (tertiary/aromatic N) is 4. The van der Waals surface area contributed by atoms with Gasteiger partial charge in [0.25, 0.3) is 0 Å². The predicted octanol–water partition coefficient (Wildman–Crippen LogP) is 1.57. The van der Waals surface area contributed by atoms with Crippen LogP contribution in [-0.2, 0) is 6.42 Å². The molecule has 1 N–H and O–H groups in total. The highest BCUT2D eigenvalue weighted by atomic mass is 15.3. The topological polar surface area (TPSA) is 53.9 Å². The Labute approximate surface area is 97.3 Å². The minimum absolute atomic E-state index is 0.548. The van der Waals surface area contributed by atoms with Crippen LogP contribution in [0.3, 0.4) is 0 Å². The number of nitrogens with one attached hydrogen (secondary N) is 1. The highest BCUT2D eigenvalue weighted by molar-refractivity contribution is 5.35. The zero-order valence-corrected chi connectivity index (χ0v) is 10.8. The van der Waals surface area contributed by atoms with Crippen LogP contribution in [0.5, 0.6) is 0 Å². The van der Waals surface area contributed by atoms with Crippen molar-refractivity contribution in [3.05, 3.63) is 5.82 Å². The van der Waals surface area contributed by atoms with Crippen LogP contribution in [0.25, 0.3) is 0 Å². The van der Waals surface area contributed by atoms with Gasteiger partial charge in [0.05, 0.1) is 0 Å². The molecule has 0 atom stereocenters. The summed E-state index contributed by atoms with van der Waals surface area (Å²) in [5, 5.41) is 3.13. The lowest BCUT2D eigenvalue weighted by molar-refractivity contribution is 0.618. The standard InChI is InChI=1S/C11H21N5/c1-6-12-10-13-9(7-8(2)3)14-11(15-10)16(4)5/h8H,6-7H2,1-5H3,(H,12,13,14,15). The maximum Gasteiger partial charge on any atom is 0.229 e. The van der Waals surface area contributed by atoms with Gasteiger partial charge in [0.15, 0.2) is 0 Å². The summed E-state index contributed by atoms with van der Waals surface area (Å²) in [5.41, 5.74) is 0. The van der Waals surface area contributed by atoms with Crippen LogP contribution in [0.2, 0.25) is 0 Å². The van der Waals surface area contributed by atoms with Crippen molar-refractivity contribution in [2.45, 2.75) is 27.2 Å². The Hall–Kier alpha value is -1.39. The average Bonchev–Trinajstić information content (AvgIpc) is 2.16. The van der Waals surface area contributed by atoms with E-state index in [0.29, 0.717) is 17.8 Å². The third-order valence-electron chi connectivity index (χ3n) is 2.00. The maximum atomic E-state index is 4.42. The third kappa shape index (κ3) is 3.64. The van der Waals surface area contributed by atoms with Gasteiger partial charge in [-0.3, -0.25) is 0 Å². The third-order valence-corrected chi connectivity index (χ3v) is 2.00. The number of aromatic nitrogens is 3. The second kappa shape index (κ2) is 5.63. The fraction of sp³-hybridized carbons (Fsp3) is 0.727. The molecule has 0 aliphatic heterocycles. The SMILES string of the molecule is CCNc1nc(CC(C)C)nc(N(C)C)n1. The zero-order chi connectivity index (χ0) is 12.1. The van der Waals surface area contributed by atoms with Crippen LogP contribution < -0.4 is 10.2 Å². The van der Waals surface area contributed by atoms with E-state index < -0.39 is 0 Å². The molecule has 0 aromatic carbocycles. The molecule has 0 fully saturated rings. The average molecular weight is 223 g/mol. The number of rotatable bonds is 5. The van der Waals surface area contributed by atoms with E-state index in [1.54, 1.807) is 0 Å². The lowest BCUT2D eigenvalue weighted by Crippen LogP contribution is -2.17. The van der Waals surface area contributed by atoms with E-state index in [9.17, 15) is 0 Å². The fourth-order valence-electron chi connectivity index (χ4n) is 1.30. The molecule has 1 rings (SSSR count). The second-order valence-corrected chi connectivity index (χ2v) is 4.40. The summed E-state index contributed by atoms with van der Waals surface area (Å²) < 4.78 is 0. The number of hydrogen-bond donors (Lipinski definition) is 1. The molecule has 1 aromatic rings. The fourth-order valence-corrected chi connectivity index (χ4v) is 1.30. The monoisotopic (exact) mass is 223 g/mol. The Balaban J connectivity index is 2.98. The Morgan fingerprint density at radius 2 is 1.88 bits per heavy atom. The van der Waals surface area contributed by atoms with Gasteiger partial charge in [-0.1, -0.05) is 13.8 Å². The lowest BCUT2D eigenvalue weighted by atomic mass is 10.1. The molecule has 0 saturated carbocycles. The molecule has 0 bridgehead atoms. The second-order valence-electron chi connectivity index (χ2n) is 4.40. The summed E-state index contributed by atoms with van der Waals surface area (Å²) in [5.74, 6) is 2.77. The predicted molar refractivity (Wildman–Crippen MR) is 66.9 cm³/mol. The highest BCUT2D eigenvalue weighted by Gasteiger charge is 2.08. The van der Waals surface area contributed by atoms with Crippen LogP contribution in [0.1, 0.15) is 26.6 Å². The molecule has 0 radical (unpaired) electrons. The van der Waals surface area contributed by atoms with Crippen molar-refractivity contribution in [3.63, 3.8) is 0 Å². The number of hydrogen-bond acceptors (Lipinski definition) is 5. The van der Waals surface area contributed by atoms with Crippen molar-refractivity contribution in [1.82, 2.24) is 15.0 Å². The van der Waals surface area contributed by atoms with Gasteiger partial charge in [-0.25, -0.2) is 0 Å². The van der Waals surface area contributed by atoms with Crippen LogP contribution >= 0.6 is 0 Å². The molecular weight excluding hydrogens is 202 g/mol. The van der Waals surface area contributed by atoms with E-state index in [1.165, 1.54) is 0 Å². The first-order valence-electron chi connectivity index (χ1n) is 5.69. The van der Waals surface area contributed by atoms with E-state index in [0.717, 1.165) is 18.8 Å². The molecule has 0 saturated heterocycles. The van der Waals surface area contributed by atoms with E-state index in [2.05, 4.69) is 34.1 Å². The van der Waals surface area contributed by atoms with E-state index in [1.807, 2.05) is 25.9 Å². The normalized spacial score (nSPS) is 10.6. The molecule has 5 nitrogen and oxygen atoms in total. The summed E-state index contributed by atoms with van der Waals surface area (Å²) in [6.45, 7) is 7.16. The molecule has 0 unspecified atom stereocenters. The first-order valence-corrected chi connectivity index (χ1v) is 5.69. The van der Waals surface area contributed by atoms with Gasteiger partial charge in [-0.05, 0) is 12.8 Å². The van der Waals surface area contributed by atoms with Crippen molar-refractivity contribution >= 4 is 11.9 Å². The minimum atomic E-state index is 0.548. The van der Waals surface area contributed by atoms with Crippen LogP contribution in [-0.4, -0.2) is 35.6 Å². The zero-order valence-electron chi connectivity index (χ0n) is 10.8. The summed E-state index contributed by atoms with van der Waals surface area (Å²) in [4.78, 5) is 15.0. The molecule has 0 amide bonds. The first-order chi connectivity index (χ1) is 7.52. The van der Waals surface area contributed by atoms with Crippen LogP contribution in [0.15, 0.2) is 0 Å². The van der Waals surface area contributed by atoms with Gasteiger partial charge in [0.1, 0.15) is 5.82 Å². The smallest absolute Gasteiger partial charge is 0.229 e. The van der Waals surface area contributed by atoms with Crippen LogP contribution in [0.4, 0.5) is 11.9 Å². The molecule has 1 heterocycles. The molecule has 90 valence electrons. The van der Waals surface area contributed by atoms with Crippen molar-refractivity contribution in [2.24, 2.45) is 5.92 Å². The summed E-state index contributed by atoms with van der Waals surface area (Å²) in [6.07, 6.45) is 0.877. The van der Waals surface area contributed by atoms with Gasteiger partial charge in [0, 0.05) is 27.1 Å². The van der Waals surface area contributed by atoms with Gasteiger partial charge >= 0.3 is 0 Å².